The summed E-state index contributed by atoms with van der Waals surface area (Å²) in [5.74, 6) is -0.349. The van der Waals surface area contributed by atoms with Gasteiger partial charge in [0.2, 0.25) is 0 Å². The largest absolute Gasteiger partial charge is 0.508 e. The van der Waals surface area contributed by atoms with Gasteiger partial charge in [-0.3, -0.25) is 0 Å². The number of halogens is 2. The number of hydrogen-bond donors (Lipinski definition) is 2. The number of thioether (sulfide) groups is 1. The molecule has 1 heterocycles. The lowest BCUT2D eigenvalue weighted by atomic mass is 9.86. The second-order valence-corrected chi connectivity index (χ2v) is 7.20. The lowest BCUT2D eigenvalue weighted by molar-refractivity contribution is 0.0120. The molecule has 0 spiro atoms. The van der Waals surface area contributed by atoms with Crippen LogP contribution in [0.25, 0.3) is 0 Å². The zero-order valence-corrected chi connectivity index (χ0v) is 15.5. The van der Waals surface area contributed by atoms with Crippen molar-refractivity contribution in [1.82, 2.24) is 14.8 Å². The van der Waals surface area contributed by atoms with Crippen LogP contribution in [-0.4, -0.2) is 31.2 Å². The summed E-state index contributed by atoms with van der Waals surface area (Å²) in [5.41, 5.74) is -0.391. The summed E-state index contributed by atoms with van der Waals surface area (Å²) in [6.07, 6.45) is 4.71. The van der Waals surface area contributed by atoms with E-state index in [4.69, 9.17) is 11.6 Å². The average molecular weight is 394 g/mol. The first-order valence-electron chi connectivity index (χ1n) is 7.76. The molecule has 1 aromatic heterocycles. The Bertz CT molecular complexity index is 877. The van der Waals surface area contributed by atoms with Crippen LogP contribution in [0.5, 0.6) is 5.75 Å². The quantitative estimate of drug-likeness (QED) is 0.667. The predicted octanol–water partition coefficient (Wildman–Crippen LogP) is 3.77. The first-order chi connectivity index (χ1) is 12.4. The first-order valence-corrected chi connectivity index (χ1v) is 9.42. The van der Waals surface area contributed by atoms with E-state index in [1.807, 2.05) is 6.26 Å². The van der Waals surface area contributed by atoms with E-state index in [1.54, 1.807) is 6.07 Å². The summed E-state index contributed by atoms with van der Waals surface area (Å²) in [6.45, 7) is 0.0795. The molecular formula is C18H17ClFN3O2S. The minimum atomic E-state index is -1.47. The number of phenols is 1. The summed E-state index contributed by atoms with van der Waals surface area (Å²) >= 11 is 7.71. The fourth-order valence-electron chi connectivity index (χ4n) is 2.94. The van der Waals surface area contributed by atoms with Crippen molar-refractivity contribution in [1.29, 1.82) is 0 Å². The number of aromatic nitrogens is 3. The highest BCUT2D eigenvalue weighted by atomic mass is 35.5. The Balaban J connectivity index is 2.14. The van der Waals surface area contributed by atoms with Crippen LogP contribution in [0.4, 0.5) is 4.39 Å². The molecular weight excluding hydrogens is 377 g/mol. The smallest absolute Gasteiger partial charge is 0.137 e. The molecule has 2 atom stereocenters. The van der Waals surface area contributed by atoms with Crippen LogP contribution in [0.15, 0.2) is 55.1 Å². The Hall–Kier alpha value is -2.09. The van der Waals surface area contributed by atoms with E-state index in [1.165, 1.54) is 65.5 Å². The molecule has 2 aromatic carbocycles. The molecule has 2 unspecified atom stereocenters. The van der Waals surface area contributed by atoms with E-state index < -0.39 is 16.7 Å². The molecule has 0 fully saturated rings. The van der Waals surface area contributed by atoms with Crippen molar-refractivity contribution in [3.05, 3.63) is 77.1 Å². The fourth-order valence-corrected chi connectivity index (χ4v) is 4.28. The van der Waals surface area contributed by atoms with Gasteiger partial charge in [-0.25, -0.2) is 14.1 Å². The molecule has 0 aliphatic heterocycles. The van der Waals surface area contributed by atoms with Crippen molar-refractivity contribution < 1.29 is 14.6 Å². The highest BCUT2D eigenvalue weighted by molar-refractivity contribution is 7.98. The van der Waals surface area contributed by atoms with Crippen molar-refractivity contribution in [2.75, 3.05) is 6.26 Å². The maximum Gasteiger partial charge on any atom is 0.137 e. The van der Waals surface area contributed by atoms with Gasteiger partial charge in [-0.2, -0.15) is 16.9 Å². The van der Waals surface area contributed by atoms with Crippen molar-refractivity contribution in [3.8, 4) is 5.75 Å². The molecule has 0 saturated heterocycles. The van der Waals surface area contributed by atoms with E-state index in [9.17, 15) is 14.6 Å². The lowest BCUT2D eigenvalue weighted by Gasteiger charge is -2.36. The van der Waals surface area contributed by atoms with E-state index in [0.29, 0.717) is 16.1 Å². The van der Waals surface area contributed by atoms with Gasteiger partial charge in [0.1, 0.15) is 29.8 Å². The second-order valence-electron chi connectivity index (χ2n) is 5.85. The molecule has 0 radical (unpaired) electrons. The maximum absolute atomic E-state index is 13.4. The summed E-state index contributed by atoms with van der Waals surface area (Å²) in [7, 11) is 0. The molecule has 0 saturated carbocycles. The molecule has 0 amide bonds. The third kappa shape index (κ3) is 3.70. The zero-order chi connectivity index (χ0) is 18.7. The number of rotatable bonds is 6. The molecule has 5 nitrogen and oxygen atoms in total. The predicted molar refractivity (Wildman–Crippen MR) is 99.7 cm³/mol. The molecule has 0 aliphatic rings. The monoisotopic (exact) mass is 393 g/mol. The van der Waals surface area contributed by atoms with Gasteiger partial charge in [-0.15, -0.1) is 0 Å². The van der Waals surface area contributed by atoms with Crippen LogP contribution in [0.1, 0.15) is 16.4 Å². The van der Waals surface area contributed by atoms with Crippen LogP contribution >= 0.6 is 23.4 Å². The van der Waals surface area contributed by atoms with Gasteiger partial charge in [-0.1, -0.05) is 23.7 Å². The molecule has 0 aliphatic carbocycles. The average Bonchev–Trinajstić information content (AvgIpc) is 3.12. The Labute approximate surface area is 159 Å². The van der Waals surface area contributed by atoms with Gasteiger partial charge in [0, 0.05) is 5.02 Å². The minimum Gasteiger partial charge on any atom is -0.508 e. The van der Waals surface area contributed by atoms with Gasteiger partial charge in [0.05, 0.1) is 11.8 Å². The molecule has 26 heavy (non-hydrogen) atoms. The number of hydrogen-bond acceptors (Lipinski definition) is 5. The maximum atomic E-state index is 13.4. The summed E-state index contributed by atoms with van der Waals surface area (Å²) in [5, 5.41) is 25.5. The summed E-state index contributed by atoms with van der Waals surface area (Å²) in [4.78, 5) is 3.91. The Morgan fingerprint density at radius 1 is 1.27 bits per heavy atom. The van der Waals surface area contributed by atoms with Crippen molar-refractivity contribution in [3.63, 3.8) is 0 Å². The Morgan fingerprint density at radius 3 is 2.62 bits per heavy atom. The second kappa shape index (κ2) is 7.65. The van der Waals surface area contributed by atoms with Crippen molar-refractivity contribution >= 4 is 23.4 Å². The highest BCUT2D eigenvalue weighted by Gasteiger charge is 2.41. The Kier molecular flexibility index (Phi) is 5.50. The molecule has 2 N–H and O–H groups in total. The van der Waals surface area contributed by atoms with Gasteiger partial charge in [0.25, 0.3) is 0 Å². The van der Waals surface area contributed by atoms with Gasteiger partial charge in [-0.05, 0) is 47.7 Å². The number of phenolic OH excluding ortho intramolecular Hbond substituents is 1. The normalized spacial score (nSPS) is 14.8. The fraction of sp³-hybridized carbons (Fsp3) is 0.222. The van der Waals surface area contributed by atoms with Crippen LogP contribution in [0, 0.1) is 5.82 Å². The van der Waals surface area contributed by atoms with E-state index in [0.717, 1.165) is 0 Å². The van der Waals surface area contributed by atoms with Crippen molar-refractivity contribution in [2.45, 2.75) is 17.4 Å². The molecule has 3 rings (SSSR count). The van der Waals surface area contributed by atoms with Crippen molar-refractivity contribution in [2.24, 2.45) is 0 Å². The summed E-state index contributed by atoms with van der Waals surface area (Å²) < 4.78 is 14.9. The standard InChI is InChI=1S/C18H17ClFN3O2S/c1-26-17(15-8-14(24)6-7-16(15)19)18(25,9-23-11-21-10-22-23)12-2-4-13(20)5-3-12/h2-8,10-11,17,24-25H,9H2,1H3. The Morgan fingerprint density at radius 2 is 2.00 bits per heavy atom. The molecule has 3 aromatic rings. The summed E-state index contributed by atoms with van der Waals surface area (Å²) in [6, 6.07) is 10.2. The van der Waals surface area contributed by atoms with Crippen LogP contribution in [-0.2, 0) is 12.1 Å². The third-order valence-corrected chi connectivity index (χ3v) is 5.60. The van der Waals surface area contributed by atoms with Gasteiger partial charge in [0.15, 0.2) is 0 Å². The highest BCUT2D eigenvalue weighted by Crippen LogP contribution is 2.47. The molecule has 8 heteroatoms. The third-order valence-electron chi connectivity index (χ3n) is 4.15. The number of nitrogens with zero attached hydrogens (tertiary/aromatic N) is 3. The molecule has 136 valence electrons. The van der Waals surface area contributed by atoms with E-state index in [-0.39, 0.29) is 12.3 Å². The van der Waals surface area contributed by atoms with Crippen LogP contribution < -0.4 is 0 Å². The SMILES string of the molecule is CSC(c1cc(O)ccc1Cl)C(O)(Cn1cncn1)c1ccc(F)cc1. The minimum absolute atomic E-state index is 0.0469. The van der Waals surface area contributed by atoms with Gasteiger partial charge >= 0.3 is 0 Å². The van der Waals surface area contributed by atoms with Crippen LogP contribution in [0.2, 0.25) is 5.02 Å². The van der Waals surface area contributed by atoms with Crippen LogP contribution in [0.3, 0.4) is 0 Å². The number of aliphatic hydroxyl groups is 1. The number of aromatic hydroxyl groups is 1. The topological polar surface area (TPSA) is 71.2 Å². The van der Waals surface area contributed by atoms with E-state index in [2.05, 4.69) is 10.1 Å². The van der Waals surface area contributed by atoms with E-state index >= 15 is 0 Å². The lowest BCUT2D eigenvalue weighted by Crippen LogP contribution is -2.37. The first kappa shape index (κ1) is 18.7. The van der Waals surface area contributed by atoms with Gasteiger partial charge < -0.3 is 10.2 Å². The molecule has 0 bridgehead atoms. The number of benzene rings is 2. The zero-order valence-electron chi connectivity index (χ0n) is 13.9.